The Hall–Kier alpha value is -0.580. The van der Waals surface area contributed by atoms with Crippen LogP contribution in [-0.2, 0) is 18.3 Å². The molecule has 0 saturated carbocycles. The second kappa shape index (κ2) is 4.96. The van der Waals surface area contributed by atoms with Gasteiger partial charge in [-0.05, 0) is 13.8 Å². The topological polar surface area (TPSA) is 39.1 Å². The Labute approximate surface area is 95.6 Å². The van der Waals surface area contributed by atoms with E-state index in [2.05, 4.69) is 24.1 Å². The van der Waals surface area contributed by atoms with Gasteiger partial charge in [-0.25, -0.2) is 4.98 Å². The fourth-order valence-electron chi connectivity index (χ4n) is 1.32. The molecule has 4 nitrogen and oxygen atoms in total. The van der Waals surface area contributed by atoms with Crippen LogP contribution < -0.4 is 5.32 Å². The maximum Gasteiger partial charge on any atom is 0.128 e. The van der Waals surface area contributed by atoms with Crippen LogP contribution in [0, 0.1) is 0 Å². The summed E-state index contributed by atoms with van der Waals surface area (Å²) in [5, 5.41) is 4.01. The second-order valence-corrected chi connectivity index (χ2v) is 4.61. The molecule has 0 aliphatic rings. The van der Waals surface area contributed by atoms with E-state index in [1.807, 2.05) is 11.6 Å². The van der Waals surface area contributed by atoms with E-state index < -0.39 is 0 Å². The first-order chi connectivity index (χ1) is 6.96. The van der Waals surface area contributed by atoms with Gasteiger partial charge in [0.2, 0.25) is 0 Å². The van der Waals surface area contributed by atoms with Crippen LogP contribution in [-0.4, -0.2) is 28.8 Å². The first-order valence-corrected chi connectivity index (χ1v) is 5.24. The van der Waals surface area contributed by atoms with Crippen molar-refractivity contribution in [2.24, 2.45) is 7.05 Å². The first kappa shape index (κ1) is 12.5. The smallest absolute Gasteiger partial charge is 0.128 e. The van der Waals surface area contributed by atoms with E-state index in [1.54, 1.807) is 13.3 Å². The molecule has 0 bridgehead atoms. The van der Waals surface area contributed by atoms with Crippen molar-refractivity contribution in [3.63, 3.8) is 0 Å². The molecule has 1 rings (SSSR count). The molecule has 0 aromatic carbocycles. The number of ether oxygens (including phenoxy) is 1. The molecule has 0 fully saturated rings. The summed E-state index contributed by atoms with van der Waals surface area (Å²) in [6.07, 6.45) is 1.65. The molecule has 1 aromatic rings. The standard InChI is InChI=1S/C10H18ClN3O/c1-10(2,7-15-4)13-6-9-12-5-8(11)14(9)3/h5,13H,6-7H2,1-4H3. The molecule has 86 valence electrons. The van der Waals surface area contributed by atoms with E-state index in [9.17, 15) is 0 Å². The maximum atomic E-state index is 5.89. The zero-order valence-corrected chi connectivity index (χ0v) is 10.4. The molecule has 0 amide bonds. The Morgan fingerprint density at radius 3 is 2.73 bits per heavy atom. The lowest BCUT2D eigenvalue weighted by Gasteiger charge is -2.25. The molecule has 0 aliphatic heterocycles. The van der Waals surface area contributed by atoms with E-state index in [-0.39, 0.29) is 5.54 Å². The van der Waals surface area contributed by atoms with Crippen molar-refractivity contribution in [2.45, 2.75) is 25.9 Å². The Kier molecular flexibility index (Phi) is 4.13. The quantitative estimate of drug-likeness (QED) is 0.837. The van der Waals surface area contributed by atoms with Crippen molar-refractivity contribution in [3.8, 4) is 0 Å². The molecule has 0 radical (unpaired) electrons. The molecule has 0 aliphatic carbocycles. The first-order valence-electron chi connectivity index (χ1n) is 4.86. The third kappa shape index (κ3) is 3.48. The van der Waals surface area contributed by atoms with Gasteiger partial charge in [-0.1, -0.05) is 11.6 Å². The molecular weight excluding hydrogens is 214 g/mol. The summed E-state index contributed by atoms with van der Waals surface area (Å²) in [5.41, 5.74) is -0.0623. The van der Waals surface area contributed by atoms with E-state index in [1.165, 1.54) is 0 Å². The van der Waals surface area contributed by atoms with Crippen LogP contribution in [0.1, 0.15) is 19.7 Å². The Balaban J connectivity index is 2.53. The lowest BCUT2D eigenvalue weighted by molar-refractivity contribution is 0.127. The fraction of sp³-hybridized carbons (Fsp3) is 0.700. The second-order valence-electron chi connectivity index (χ2n) is 4.23. The van der Waals surface area contributed by atoms with Gasteiger partial charge in [-0.3, -0.25) is 0 Å². The number of imidazole rings is 1. The van der Waals surface area contributed by atoms with Crippen molar-refractivity contribution >= 4 is 11.6 Å². The number of hydrogen-bond acceptors (Lipinski definition) is 3. The molecule has 0 atom stereocenters. The van der Waals surface area contributed by atoms with Gasteiger partial charge in [0.15, 0.2) is 0 Å². The molecule has 0 saturated heterocycles. The van der Waals surface area contributed by atoms with Gasteiger partial charge in [-0.15, -0.1) is 0 Å². The van der Waals surface area contributed by atoms with Gasteiger partial charge in [0, 0.05) is 19.7 Å². The summed E-state index contributed by atoms with van der Waals surface area (Å²) in [6, 6.07) is 0. The van der Waals surface area contributed by atoms with Gasteiger partial charge in [0.05, 0.1) is 19.3 Å². The largest absolute Gasteiger partial charge is 0.383 e. The van der Waals surface area contributed by atoms with E-state index in [4.69, 9.17) is 16.3 Å². The van der Waals surface area contributed by atoms with Crippen molar-refractivity contribution in [2.75, 3.05) is 13.7 Å². The average molecular weight is 232 g/mol. The average Bonchev–Trinajstić information content (AvgIpc) is 2.45. The number of nitrogens with zero attached hydrogens (tertiary/aromatic N) is 2. The van der Waals surface area contributed by atoms with Crippen LogP contribution in [0.4, 0.5) is 0 Å². The third-order valence-electron chi connectivity index (χ3n) is 2.26. The number of aromatic nitrogens is 2. The summed E-state index contributed by atoms with van der Waals surface area (Å²) in [7, 11) is 3.59. The Morgan fingerprint density at radius 2 is 2.27 bits per heavy atom. The minimum atomic E-state index is -0.0623. The van der Waals surface area contributed by atoms with Gasteiger partial charge < -0.3 is 14.6 Å². The van der Waals surface area contributed by atoms with Crippen LogP contribution >= 0.6 is 11.6 Å². The zero-order valence-electron chi connectivity index (χ0n) is 9.67. The number of hydrogen-bond donors (Lipinski definition) is 1. The predicted octanol–water partition coefficient (Wildman–Crippen LogP) is 1.59. The Morgan fingerprint density at radius 1 is 1.60 bits per heavy atom. The highest BCUT2D eigenvalue weighted by Gasteiger charge is 2.17. The van der Waals surface area contributed by atoms with Crippen LogP contribution in [0.3, 0.4) is 0 Å². The van der Waals surface area contributed by atoms with Crippen molar-refractivity contribution in [1.82, 2.24) is 14.9 Å². The molecular formula is C10H18ClN3O. The minimum absolute atomic E-state index is 0.0623. The number of rotatable bonds is 5. The van der Waals surface area contributed by atoms with Crippen LogP contribution in [0.25, 0.3) is 0 Å². The molecule has 5 heteroatoms. The summed E-state index contributed by atoms with van der Waals surface area (Å²) in [4.78, 5) is 4.21. The predicted molar refractivity (Wildman–Crippen MR) is 61.0 cm³/mol. The van der Waals surface area contributed by atoms with Crippen molar-refractivity contribution < 1.29 is 4.74 Å². The van der Waals surface area contributed by atoms with Crippen LogP contribution in [0.2, 0.25) is 5.15 Å². The van der Waals surface area contributed by atoms with E-state index >= 15 is 0 Å². The summed E-state index contributed by atoms with van der Waals surface area (Å²) < 4.78 is 6.97. The lowest BCUT2D eigenvalue weighted by atomic mass is 10.1. The zero-order chi connectivity index (χ0) is 11.5. The molecule has 15 heavy (non-hydrogen) atoms. The summed E-state index contributed by atoms with van der Waals surface area (Å²) >= 11 is 5.89. The molecule has 0 unspecified atom stereocenters. The summed E-state index contributed by atoms with van der Waals surface area (Å²) in [6.45, 7) is 5.51. The van der Waals surface area contributed by atoms with Crippen molar-refractivity contribution in [3.05, 3.63) is 17.2 Å². The minimum Gasteiger partial charge on any atom is -0.383 e. The normalized spacial score (nSPS) is 12.1. The lowest BCUT2D eigenvalue weighted by Crippen LogP contribution is -2.43. The highest BCUT2D eigenvalue weighted by Crippen LogP contribution is 2.10. The van der Waals surface area contributed by atoms with Gasteiger partial charge in [0.1, 0.15) is 11.0 Å². The monoisotopic (exact) mass is 231 g/mol. The Bertz CT molecular complexity index is 322. The number of methoxy groups -OCH3 is 1. The molecule has 1 aromatic heterocycles. The number of halogens is 1. The van der Waals surface area contributed by atoms with Gasteiger partial charge >= 0.3 is 0 Å². The maximum absolute atomic E-state index is 5.89. The fourth-order valence-corrected chi connectivity index (χ4v) is 1.47. The van der Waals surface area contributed by atoms with Crippen molar-refractivity contribution in [1.29, 1.82) is 0 Å². The van der Waals surface area contributed by atoms with Crippen LogP contribution in [0.5, 0.6) is 0 Å². The van der Waals surface area contributed by atoms with Crippen LogP contribution in [0.15, 0.2) is 6.20 Å². The van der Waals surface area contributed by atoms with Gasteiger partial charge in [-0.2, -0.15) is 0 Å². The molecule has 1 N–H and O–H groups in total. The number of nitrogens with one attached hydrogen (secondary N) is 1. The third-order valence-corrected chi connectivity index (χ3v) is 2.61. The molecule has 0 spiro atoms. The van der Waals surface area contributed by atoms with E-state index in [0.717, 1.165) is 5.82 Å². The molecule has 1 heterocycles. The van der Waals surface area contributed by atoms with Gasteiger partial charge in [0.25, 0.3) is 0 Å². The summed E-state index contributed by atoms with van der Waals surface area (Å²) in [5.74, 6) is 0.921. The van der Waals surface area contributed by atoms with E-state index in [0.29, 0.717) is 18.3 Å². The highest BCUT2D eigenvalue weighted by molar-refractivity contribution is 6.29. The highest BCUT2D eigenvalue weighted by atomic mass is 35.5. The SMILES string of the molecule is COCC(C)(C)NCc1ncc(Cl)n1C.